The Hall–Kier alpha value is -3.15. The molecule has 2 aromatic rings. The zero-order valence-electron chi connectivity index (χ0n) is 16.6. The summed E-state index contributed by atoms with van der Waals surface area (Å²) >= 11 is 0. The molecule has 2 rings (SSSR count). The Morgan fingerprint density at radius 1 is 0.964 bits per heavy atom. The zero-order chi connectivity index (χ0) is 20.7. The van der Waals surface area contributed by atoms with Gasteiger partial charge >= 0.3 is 6.09 Å². The summed E-state index contributed by atoms with van der Waals surface area (Å²) in [5.74, 6) is -0.506. The summed E-state index contributed by atoms with van der Waals surface area (Å²) in [4.78, 5) is 37.0. The van der Waals surface area contributed by atoms with Crippen LogP contribution in [0.3, 0.4) is 0 Å². The molecule has 0 fully saturated rings. The molecular weight excluding hydrogens is 356 g/mol. The van der Waals surface area contributed by atoms with Crippen LogP contribution in [0.2, 0.25) is 0 Å². The minimum absolute atomic E-state index is 0.0232. The highest BCUT2D eigenvalue weighted by Gasteiger charge is 2.22. The summed E-state index contributed by atoms with van der Waals surface area (Å²) in [7, 11) is 0. The maximum absolute atomic E-state index is 12.6. The maximum Gasteiger partial charge on any atom is 0.408 e. The molecule has 0 aliphatic rings. The van der Waals surface area contributed by atoms with Crippen LogP contribution in [0.1, 0.15) is 43.6 Å². The average Bonchev–Trinajstić information content (AvgIpc) is 2.61. The number of nitrogens with one attached hydrogen (secondary N) is 2. The van der Waals surface area contributed by atoms with E-state index < -0.39 is 17.7 Å². The molecule has 2 aromatic carbocycles. The molecule has 2 amide bonds. The largest absolute Gasteiger partial charge is 0.444 e. The molecular formula is C22H26N2O4. The highest BCUT2D eigenvalue weighted by atomic mass is 16.6. The number of para-hydroxylation sites is 1. The van der Waals surface area contributed by atoms with E-state index in [2.05, 4.69) is 10.6 Å². The van der Waals surface area contributed by atoms with Crippen LogP contribution in [-0.4, -0.2) is 29.4 Å². The van der Waals surface area contributed by atoms with Crippen molar-refractivity contribution in [2.24, 2.45) is 0 Å². The lowest BCUT2D eigenvalue weighted by Gasteiger charge is -2.21. The number of benzene rings is 2. The Morgan fingerprint density at radius 2 is 1.57 bits per heavy atom. The van der Waals surface area contributed by atoms with Crippen molar-refractivity contribution in [1.29, 1.82) is 0 Å². The zero-order valence-corrected chi connectivity index (χ0v) is 16.6. The van der Waals surface area contributed by atoms with Gasteiger partial charge in [-0.15, -0.1) is 0 Å². The van der Waals surface area contributed by atoms with E-state index in [1.807, 2.05) is 18.2 Å². The predicted molar refractivity (Wildman–Crippen MR) is 108 cm³/mol. The number of hydrogen-bond acceptors (Lipinski definition) is 4. The molecule has 6 heteroatoms. The Kier molecular flexibility index (Phi) is 6.93. The Balaban J connectivity index is 2.04. The number of rotatable bonds is 6. The van der Waals surface area contributed by atoms with Crippen molar-refractivity contribution in [1.82, 2.24) is 5.32 Å². The first-order valence-electron chi connectivity index (χ1n) is 9.12. The van der Waals surface area contributed by atoms with Crippen molar-refractivity contribution in [3.05, 3.63) is 65.7 Å². The fourth-order valence-corrected chi connectivity index (χ4v) is 2.52. The van der Waals surface area contributed by atoms with Crippen molar-refractivity contribution >= 4 is 23.5 Å². The molecule has 0 unspecified atom stereocenters. The Morgan fingerprint density at radius 3 is 2.21 bits per heavy atom. The fourth-order valence-electron chi connectivity index (χ4n) is 2.52. The molecule has 0 spiro atoms. The van der Waals surface area contributed by atoms with Gasteiger partial charge in [-0.2, -0.15) is 0 Å². The van der Waals surface area contributed by atoms with Crippen LogP contribution in [0.25, 0.3) is 0 Å². The molecule has 0 aliphatic heterocycles. The minimum Gasteiger partial charge on any atom is -0.444 e. The van der Waals surface area contributed by atoms with Gasteiger partial charge in [0, 0.05) is 17.7 Å². The number of alkyl carbamates (subject to hydrolysis) is 1. The van der Waals surface area contributed by atoms with Crippen molar-refractivity contribution in [3.63, 3.8) is 0 Å². The van der Waals surface area contributed by atoms with Gasteiger partial charge in [0.2, 0.25) is 0 Å². The lowest BCUT2D eigenvalue weighted by Crippen LogP contribution is -2.42. The summed E-state index contributed by atoms with van der Waals surface area (Å²) in [5, 5.41) is 5.35. The number of carbonyl (C=O) groups excluding carboxylic acids is 3. The summed E-state index contributed by atoms with van der Waals surface area (Å²) in [6, 6.07) is 15.3. The molecule has 0 saturated carbocycles. The summed E-state index contributed by atoms with van der Waals surface area (Å²) < 4.78 is 5.17. The predicted octanol–water partition coefficient (Wildman–Crippen LogP) is 3.96. The van der Waals surface area contributed by atoms with E-state index in [0.717, 1.165) is 0 Å². The van der Waals surface area contributed by atoms with Gasteiger partial charge in [0.15, 0.2) is 5.78 Å². The maximum atomic E-state index is 12.6. The molecule has 0 bridgehead atoms. The van der Waals surface area contributed by atoms with Crippen molar-refractivity contribution in [2.45, 2.75) is 45.8 Å². The SMILES string of the molecule is C[C@H](NC(=O)OC(C)(C)C)C(=O)Cc1ccccc1C(=O)Nc1ccccc1. The molecule has 1 atom stereocenters. The molecule has 2 N–H and O–H groups in total. The normalized spacial score (nSPS) is 12.0. The summed E-state index contributed by atoms with van der Waals surface area (Å²) in [6.07, 6.45) is -0.626. The van der Waals surface area contributed by atoms with Crippen LogP contribution in [0, 0.1) is 0 Å². The number of hydrogen-bond donors (Lipinski definition) is 2. The second-order valence-electron chi connectivity index (χ2n) is 7.49. The van der Waals surface area contributed by atoms with E-state index in [-0.39, 0.29) is 18.1 Å². The number of ketones is 1. The third-order valence-electron chi connectivity index (χ3n) is 3.87. The van der Waals surface area contributed by atoms with Gasteiger partial charge in [-0.1, -0.05) is 36.4 Å². The Bertz CT molecular complexity index is 841. The lowest BCUT2D eigenvalue weighted by molar-refractivity contribution is -0.120. The number of Topliss-reactive ketones (excluding diaryl/α,β-unsaturated/α-hetero) is 1. The summed E-state index contributed by atoms with van der Waals surface area (Å²) in [6.45, 7) is 6.85. The van der Waals surface area contributed by atoms with Gasteiger partial charge in [0.05, 0.1) is 6.04 Å². The minimum atomic E-state index is -0.736. The standard InChI is InChI=1S/C22H26N2O4/c1-15(23-21(27)28-22(2,3)4)19(25)14-16-10-8-9-13-18(16)20(26)24-17-11-6-5-7-12-17/h5-13,15H,14H2,1-4H3,(H,23,27)(H,24,26)/t15-/m0/s1. The van der Waals surface area contributed by atoms with Crippen LogP contribution in [0.5, 0.6) is 0 Å². The van der Waals surface area contributed by atoms with Gasteiger partial charge in [0.25, 0.3) is 5.91 Å². The summed E-state index contributed by atoms with van der Waals surface area (Å²) in [5.41, 5.74) is 1.05. The van der Waals surface area contributed by atoms with Gasteiger partial charge in [-0.05, 0) is 51.5 Å². The highest BCUT2D eigenvalue weighted by molar-refractivity contribution is 6.06. The van der Waals surface area contributed by atoms with Crippen LogP contribution in [-0.2, 0) is 16.0 Å². The average molecular weight is 382 g/mol. The third-order valence-corrected chi connectivity index (χ3v) is 3.87. The van der Waals surface area contributed by atoms with Crippen LogP contribution in [0.4, 0.5) is 10.5 Å². The quantitative estimate of drug-likeness (QED) is 0.792. The first-order chi connectivity index (χ1) is 13.2. The highest BCUT2D eigenvalue weighted by Crippen LogP contribution is 2.15. The molecule has 0 heterocycles. The van der Waals surface area contributed by atoms with E-state index in [9.17, 15) is 14.4 Å². The van der Waals surface area contributed by atoms with Gasteiger partial charge in [0.1, 0.15) is 5.60 Å². The number of carbonyl (C=O) groups is 3. The van der Waals surface area contributed by atoms with Crippen molar-refractivity contribution in [2.75, 3.05) is 5.32 Å². The van der Waals surface area contributed by atoms with Crippen molar-refractivity contribution in [3.8, 4) is 0 Å². The third kappa shape index (κ3) is 6.54. The molecule has 0 radical (unpaired) electrons. The van der Waals surface area contributed by atoms with Crippen LogP contribution >= 0.6 is 0 Å². The molecule has 0 aliphatic carbocycles. The molecule has 28 heavy (non-hydrogen) atoms. The first-order valence-corrected chi connectivity index (χ1v) is 9.12. The smallest absolute Gasteiger partial charge is 0.408 e. The van der Waals surface area contributed by atoms with Crippen LogP contribution < -0.4 is 10.6 Å². The number of ether oxygens (including phenoxy) is 1. The van der Waals surface area contributed by atoms with Gasteiger partial charge in [-0.25, -0.2) is 4.79 Å². The van der Waals surface area contributed by atoms with Gasteiger partial charge in [-0.3, -0.25) is 9.59 Å². The van der Waals surface area contributed by atoms with E-state index in [0.29, 0.717) is 16.8 Å². The topological polar surface area (TPSA) is 84.5 Å². The van der Waals surface area contributed by atoms with Crippen LogP contribution in [0.15, 0.2) is 54.6 Å². The Labute approximate surface area is 165 Å². The molecule has 0 aromatic heterocycles. The second-order valence-corrected chi connectivity index (χ2v) is 7.49. The number of anilines is 1. The molecule has 148 valence electrons. The van der Waals surface area contributed by atoms with Crippen molar-refractivity contribution < 1.29 is 19.1 Å². The second kappa shape index (κ2) is 9.17. The first kappa shape index (κ1) is 21.2. The molecule has 0 saturated heterocycles. The fraction of sp³-hybridized carbons (Fsp3) is 0.318. The van der Waals surface area contributed by atoms with Gasteiger partial charge < -0.3 is 15.4 Å². The number of amides is 2. The van der Waals surface area contributed by atoms with E-state index >= 15 is 0 Å². The monoisotopic (exact) mass is 382 g/mol. The van der Waals surface area contributed by atoms with E-state index in [1.165, 1.54) is 0 Å². The van der Waals surface area contributed by atoms with E-state index in [4.69, 9.17) is 4.74 Å². The lowest BCUT2D eigenvalue weighted by atomic mass is 9.99. The van der Waals surface area contributed by atoms with E-state index in [1.54, 1.807) is 64.1 Å². The molecule has 6 nitrogen and oxygen atoms in total.